The number of hydrogen-bond donors (Lipinski definition) is 1. The first-order valence-electron chi connectivity index (χ1n) is 4.05. The van der Waals surface area contributed by atoms with Crippen molar-refractivity contribution < 1.29 is 9.84 Å². The minimum absolute atomic E-state index is 0.0208. The van der Waals surface area contributed by atoms with E-state index in [0.717, 1.165) is 18.4 Å². The summed E-state index contributed by atoms with van der Waals surface area (Å²) in [5.74, 6) is 0. The van der Waals surface area contributed by atoms with Gasteiger partial charge in [0, 0.05) is 0 Å². The molecule has 2 rings (SSSR count). The normalized spacial score (nSPS) is 53.9. The van der Waals surface area contributed by atoms with Crippen LogP contribution in [0.2, 0.25) is 0 Å². The van der Waals surface area contributed by atoms with Crippen LogP contribution in [-0.2, 0) is 4.74 Å². The van der Waals surface area contributed by atoms with Crippen molar-refractivity contribution in [3.8, 4) is 0 Å². The van der Waals surface area contributed by atoms with Gasteiger partial charge in [0.25, 0.3) is 0 Å². The third-order valence-corrected chi connectivity index (χ3v) is 3.06. The van der Waals surface area contributed by atoms with E-state index in [1.54, 1.807) is 0 Å². The fourth-order valence-electron chi connectivity index (χ4n) is 2.03. The molecule has 0 aromatic heterocycles. The quantitative estimate of drug-likeness (QED) is 0.455. The fraction of sp³-hybridized carbons (Fsp3) is 0.778. The van der Waals surface area contributed by atoms with Crippen LogP contribution < -0.4 is 0 Å². The van der Waals surface area contributed by atoms with Gasteiger partial charge in [-0.2, -0.15) is 0 Å². The molecule has 62 valence electrons. The Bertz CT molecular complexity index is 224. The van der Waals surface area contributed by atoms with Crippen molar-refractivity contribution in [3.63, 3.8) is 0 Å². The third-order valence-electron chi connectivity index (χ3n) is 3.06. The van der Waals surface area contributed by atoms with Crippen LogP contribution >= 0.6 is 0 Å². The topological polar surface area (TPSA) is 32.8 Å². The Balaban J connectivity index is 2.25. The second kappa shape index (κ2) is 1.70. The summed E-state index contributed by atoms with van der Waals surface area (Å²) in [6.07, 6.45) is 1.79. The van der Waals surface area contributed by atoms with E-state index >= 15 is 0 Å². The lowest BCUT2D eigenvalue weighted by molar-refractivity contribution is 0.0346. The first kappa shape index (κ1) is 7.32. The third kappa shape index (κ3) is 0.741. The van der Waals surface area contributed by atoms with Crippen molar-refractivity contribution in [2.75, 3.05) is 0 Å². The zero-order chi connectivity index (χ0) is 8.28. The molecule has 11 heavy (non-hydrogen) atoms. The average molecular weight is 154 g/mol. The number of aliphatic hydroxyl groups is 1. The molecule has 2 fully saturated rings. The molecular weight excluding hydrogens is 140 g/mol. The van der Waals surface area contributed by atoms with Gasteiger partial charge in [-0.25, -0.2) is 0 Å². The highest BCUT2D eigenvalue weighted by atomic mass is 16.6. The zero-order valence-electron chi connectivity index (χ0n) is 7.05. The molecule has 2 heteroatoms. The summed E-state index contributed by atoms with van der Waals surface area (Å²) in [6, 6.07) is 0. The Morgan fingerprint density at radius 2 is 2.27 bits per heavy atom. The Morgan fingerprint density at radius 1 is 1.64 bits per heavy atom. The highest BCUT2D eigenvalue weighted by Gasteiger charge is 2.68. The van der Waals surface area contributed by atoms with E-state index in [2.05, 4.69) is 13.5 Å². The van der Waals surface area contributed by atoms with Crippen molar-refractivity contribution in [3.05, 3.63) is 12.2 Å². The van der Waals surface area contributed by atoms with Gasteiger partial charge in [-0.3, -0.25) is 0 Å². The summed E-state index contributed by atoms with van der Waals surface area (Å²) in [5, 5.41) is 10.0. The summed E-state index contributed by atoms with van der Waals surface area (Å²) in [5.41, 5.74) is 0.0753. The van der Waals surface area contributed by atoms with Gasteiger partial charge in [-0.15, -0.1) is 0 Å². The molecular formula is C9H14O2. The summed E-state index contributed by atoms with van der Waals surface area (Å²) in [7, 11) is 0. The average Bonchev–Trinajstić information content (AvgIpc) is 2.53. The molecule has 3 atom stereocenters. The second-order valence-electron chi connectivity index (χ2n) is 4.02. The van der Waals surface area contributed by atoms with E-state index in [1.165, 1.54) is 0 Å². The van der Waals surface area contributed by atoms with Crippen LogP contribution in [0.5, 0.6) is 0 Å². The predicted octanol–water partition coefficient (Wildman–Crippen LogP) is 1.24. The summed E-state index contributed by atoms with van der Waals surface area (Å²) in [4.78, 5) is 0. The van der Waals surface area contributed by atoms with Crippen LogP contribution in [0.1, 0.15) is 26.7 Å². The van der Waals surface area contributed by atoms with Crippen molar-refractivity contribution in [1.82, 2.24) is 0 Å². The lowest BCUT2D eigenvalue weighted by atomic mass is 9.93. The van der Waals surface area contributed by atoms with Gasteiger partial charge in [0.15, 0.2) is 0 Å². The molecule has 1 saturated carbocycles. The van der Waals surface area contributed by atoms with E-state index in [-0.39, 0.29) is 11.7 Å². The summed E-state index contributed by atoms with van der Waals surface area (Å²) >= 11 is 0. The number of epoxide rings is 1. The SMILES string of the molecule is C=C(C)[C@@]1(O)CC[C@]2(C)O[C@@H]21. The van der Waals surface area contributed by atoms with Gasteiger partial charge < -0.3 is 9.84 Å². The van der Waals surface area contributed by atoms with Crippen molar-refractivity contribution in [2.24, 2.45) is 0 Å². The monoisotopic (exact) mass is 154 g/mol. The number of rotatable bonds is 1. The molecule has 0 bridgehead atoms. The maximum atomic E-state index is 10.0. The molecule has 1 aliphatic heterocycles. The van der Waals surface area contributed by atoms with Crippen molar-refractivity contribution >= 4 is 0 Å². The Kier molecular flexibility index (Phi) is 1.13. The van der Waals surface area contributed by atoms with Crippen LogP contribution in [0.25, 0.3) is 0 Å². The summed E-state index contributed by atoms with van der Waals surface area (Å²) < 4.78 is 5.41. The van der Waals surface area contributed by atoms with E-state index in [0.29, 0.717) is 0 Å². The standard InChI is InChI=1S/C9H14O2/c1-6(2)9(10)5-4-8(3)7(9)11-8/h7,10H,1,4-5H2,2-3H3/t7-,8-,9-/m0/s1. The molecule has 0 unspecified atom stereocenters. The first-order valence-corrected chi connectivity index (χ1v) is 4.05. The van der Waals surface area contributed by atoms with E-state index in [1.807, 2.05) is 6.92 Å². The largest absolute Gasteiger partial charge is 0.383 e. The van der Waals surface area contributed by atoms with Gasteiger partial charge in [0.2, 0.25) is 0 Å². The first-order chi connectivity index (χ1) is 4.99. The summed E-state index contributed by atoms with van der Waals surface area (Å²) in [6.45, 7) is 7.71. The molecule has 1 aliphatic carbocycles. The minimum atomic E-state index is -0.727. The maximum absolute atomic E-state index is 10.0. The molecule has 1 N–H and O–H groups in total. The molecule has 1 saturated heterocycles. The minimum Gasteiger partial charge on any atom is -0.383 e. The second-order valence-corrected chi connectivity index (χ2v) is 4.02. The lowest BCUT2D eigenvalue weighted by Gasteiger charge is -2.22. The van der Waals surface area contributed by atoms with Crippen LogP contribution in [0.3, 0.4) is 0 Å². The van der Waals surface area contributed by atoms with Crippen molar-refractivity contribution in [1.29, 1.82) is 0 Å². The van der Waals surface area contributed by atoms with Gasteiger partial charge in [-0.1, -0.05) is 6.58 Å². The van der Waals surface area contributed by atoms with Crippen LogP contribution in [0.4, 0.5) is 0 Å². The Morgan fingerprint density at radius 3 is 2.45 bits per heavy atom. The van der Waals surface area contributed by atoms with Gasteiger partial charge in [0.05, 0.1) is 5.60 Å². The van der Waals surface area contributed by atoms with Crippen molar-refractivity contribution in [2.45, 2.75) is 44.0 Å². The molecule has 0 spiro atoms. The molecule has 1 heterocycles. The molecule has 0 radical (unpaired) electrons. The van der Waals surface area contributed by atoms with Gasteiger partial charge in [-0.05, 0) is 32.3 Å². The van der Waals surface area contributed by atoms with E-state index in [4.69, 9.17) is 4.74 Å². The zero-order valence-corrected chi connectivity index (χ0v) is 7.05. The van der Waals surface area contributed by atoms with E-state index < -0.39 is 5.60 Å². The van der Waals surface area contributed by atoms with Crippen LogP contribution in [0.15, 0.2) is 12.2 Å². The molecule has 0 aromatic carbocycles. The molecule has 0 aromatic rings. The maximum Gasteiger partial charge on any atom is 0.119 e. The van der Waals surface area contributed by atoms with Gasteiger partial charge >= 0.3 is 0 Å². The molecule has 2 aliphatic rings. The smallest absolute Gasteiger partial charge is 0.119 e. The van der Waals surface area contributed by atoms with E-state index in [9.17, 15) is 5.11 Å². The Labute approximate surface area is 66.9 Å². The number of ether oxygens (including phenoxy) is 1. The fourth-order valence-corrected chi connectivity index (χ4v) is 2.03. The van der Waals surface area contributed by atoms with Crippen LogP contribution in [0, 0.1) is 0 Å². The highest BCUT2D eigenvalue weighted by molar-refractivity contribution is 5.27. The Hall–Kier alpha value is -0.340. The highest BCUT2D eigenvalue weighted by Crippen LogP contribution is 2.56. The number of fused-ring (bicyclic) bond motifs is 1. The lowest BCUT2D eigenvalue weighted by Crippen LogP contribution is -2.33. The van der Waals surface area contributed by atoms with Crippen LogP contribution in [-0.4, -0.2) is 22.4 Å². The number of hydrogen-bond acceptors (Lipinski definition) is 2. The molecule has 0 amide bonds. The van der Waals surface area contributed by atoms with Gasteiger partial charge in [0.1, 0.15) is 11.7 Å². The molecule has 2 nitrogen and oxygen atoms in total. The predicted molar refractivity (Wildman–Crippen MR) is 42.3 cm³/mol.